The van der Waals surface area contributed by atoms with Crippen LogP contribution in [0, 0.1) is 5.92 Å². The molecule has 0 aromatic heterocycles. The van der Waals surface area contributed by atoms with Crippen LogP contribution in [0.5, 0.6) is 0 Å². The molecule has 1 unspecified atom stereocenters. The fraction of sp³-hybridized carbons (Fsp3) is 0.889. The van der Waals surface area contributed by atoms with Crippen molar-refractivity contribution in [2.75, 3.05) is 13.7 Å². The van der Waals surface area contributed by atoms with E-state index in [0.29, 0.717) is 0 Å². The topological polar surface area (TPSA) is 85.4 Å². The number of methoxy groups -OCH3 is 1. The number of epoxide rings is 1. The van der Waals surface area contributed by atoms with Gasteiger partial charge in [-0.05, 0) is 27.2 Å². The molecule has 0 bridgehead atoms. The van der Waals surface area contributed by atoms with E-state index in [1.807, 2.05) is 0 Å². The Bertz CT molecular complexity index is 474. The molecule has 0 spiro atoms. The smallest absolute Gasteiger partial charge is 0.320 e. The van der Waals surface area contributed by atoms with Crippen molar-refractivity contribution in [3.05, 3.63) is 0 Å². The Kier molecular flexibility index (Phi) is 7.24. The van der Waals surface area contributed by atoms with Crippen molar-refractivity contribution >= 4 is 20.0 Å². The van der Waals surface area contributed by atoms with Crippen molar-refractivity contribution in [1.82, 2.24) is 0 Å². The van der Waals surface area contributed by atoms with Crippen molar-refractivity contribution in [3.63, 3.8) is 0 Å². The molecule has 0 aliphatic carbocycles. The first-order valence-electron chi connectivity index (χ1n) is 9.15. The molecule has 1 N–H and O–H groups in total. The van der Waals surface area contributed by atoms with E-state index in [1.165, 1.54) is 7.11 Å². The fourth-order valence-electron chi connectivity index (χ4n) is 4.00. The van der Waals surface area contributed by atoms with Gasteiger partial charge in [-0.2, -0.15) is 0 Å². The van der Waals surface area contributed by atoms with Crippen LogP contribution in [-0.2, 0) is 23.8 Å². The predicted molar refractivity (Wildman–Crippen MR) is 97.9 cm³/mol. The van der Waals surface area contributed by atoms with E-state index in [2.05, 4.69) is 20.8 Å². The van der Waals surface area contributed by atoms with Crippen LogP contribution in [0.2, 0.25) is 18.1 Å². The number of hydrogen-bond acceptors (Lipinski definition) is 6. The van der Waals surface area contributed by atoms with Crippen LogP contribution in [0.3, 0.4) is 0 Å². The van der Waals surface area contributed by atoms with E-state index in [1.54, 1.807) is 20.8 Å². The summed E-state index contributed by atoms with van der Waals surface area (Å²) in [4.78, 5) is 24.9. The second kappa shape index (κ2) is 8.18. The lowest BCUT2D eigenvalue weighted by atomic mass is 10.0. The standard InChI is InChI=1S/C18H34O6Si/c1-8-25(9-2,10-3)18(14(12-19)23-18)11-13(15(20)22-7)16(21)24-17(4,5)6/h13-14,19H,8-12H2,1-7H3/t13?,14-,18-/m1/s1. The molecule has 0 radical (unpaired) electrons. The summed E-state index contributed by atoms with van der Waals surface area (Å²) in [6.07, 6.45) is -0.0877. The average molecular weight is 375 g/mol. The minimum absolute atomic E-state index is 0.100. The Labute approximate surface area is 152 Å². The zero-order valence-electron chi connectivity index (χ0n) is 16.7. The Morgan fingerprint density at radius 1 is 1.16 bits per heavy atom. The summed E-state index contributed by atoms with van der Waals surface area (Å²) in [5, 5.41) is 9.12. The van der Waals surface area contributed by atoms with Crippen molar-refractivity contribution in [1.29, 1.82) is 0 Å². The summed E-state index contributed by atoms with van der Waals surface area (Å²) < 4.78 is 16.3. The normalized spacial score (nSPS) is 24.6. The highest BCUT2D eigenvalue weighted by Gasteiger charge is 2.68. The Morgan fingerprint density at radius 3 is 2.00 bits per heavy atom. The molecule has 3 atom stereocenters. The zero-order chi connectivity index (χ0) is 19.5. The molecule has 1 rings (SSSR count). The lowest BCUT2D eigenvalue weighted by Gasteiger charge is -2.37. The van der Waals surface area contributed by atoms with Crippen LogP contribution < -0.4 is 0 Å². The number of hydrogen-bond donors (Lipinski definition) is 1. The first-order valence-corrected chi connectivity index (χ1v) is 11.8. The monoisotopic (exact) mass is 374 g/mol. The molecule has 0 saturated carbocycles. The molecular formula is C18H34O6Si. The highest BCUT2D eigenvalue weighted by Crippen LogP contribution is 2.53. The number of aliphatic hydroxyl groups is 1. The third-order valence-corrected chi connectivity index (χ3v) is 12.1. The molecular weight excluding hydrogens is 340 g/mol. The number of rotatable bonds is 9. The van der Waals surface area contributed by atoms with Gasteiger partial charge in [0.05, 0.1) is 27.0 Å². The molecule has 146 valence electrons. The quantitative estimate of drug-likeness (QED) is 0.289. The Morgan fingerprint density at radius 2 is 1.68 bits per heavy atom. The SMILES string of the molecule is CC[Si](CC)(CC)[C@@]1(CC(C(=O)OC)C(=O)OC(C)(C)C)O[C@@H]1CO. The minimum Gasteiger partial charge on any atom is -0.468 e. The van der Waals surface area contributed by atoms with Gasteiger partial charge in [-0.1, -0.05) is 38.9 Å². The molecule has 0 aromatic carbocycles. The largest absolute Gasteiger partial charge is 0.468 e. The molecule has 6 nitrogen and oxygen atoms in total. The Hall–Kier alpha value is -0.923. The van der Waals surface area contributed by atoms with Crippen LogP contribution in [0.1, 0.15) is 48.0 Å². The van der Waals surface area contributed by atoms with E-state index in [0.717, 1.165) is 18.1 Å². The highest BCUT2D eigenvalue weighted by molar-refractivity contribution is 6.83. The van der Waals surface area contributed by atoms with Crippen LogP contribution in [-0.4, -0.2) is 55.8 Å². The molecule has 1 heterocycles. The number of ether oxygens (including phenoxy) is 3. The van der Waals surface area contributed by atoms with Gasteiger partial charge in [0, 0.05) is 0 Å². The van der Waals surface area contributed by atoms with Gasteiger partial charge >= 0.3 is 11.9 Å². The Balaban J connectivity index is 3.19. The molecule has 25 heavy (non-hydrogen) atoms. The van der Waals surface area contributed by atoms with Crippen molar-refractivity contribution in [3.8, 4) is 0 Å². The fourth-order valence-corrected chi connectivity index (χ4v) is 9.10. The first kappa shape index (κ1) is 22.1. The van der Waals surface area contributed by atoms with Crippen LogP contribution >= 0.6 is 0 Å². The van der Waals surface area contributed by atoms with Gasteiger partial charge in [-0.15, -0.1) is 0 Å². The maximum atomic E-state index is 12.6. The van der Waals surface area contributed by atoms with Crippen LogP contribution in [0.4, 0.5) is 0 Å². The minimum atomic E-state index is -1.94. The van der Waals surface area contributed by atoms with Gasteiger partial charge in [-0.3, -0.25) is 9.59 Å². The number of carbonyl (C=O) groups is 2. The van der Waals surface area contributed by atoms with Gasteiger partial charge in [-0.25, -0.2) is 0 Å². The summed E-state index contributed by atoms with van der Waals surface area (Å²) in [7, 11) is -0.670. The van der Waals surface area contributed by atoms with Crippen molar-refractivity contribution < 1.29 is 28.9 Å². The average Bonchev–Trinajstić information content (AvgIpc) is 3.27. The van der Waals surface area contributed by atoms with E-state index in [4.69, 9.17) is 14.2 Å². The number of aliphatic hydroxyl groups excluding tert-OH is 1. The van der Waals surface area contributed by atoms with Crippen LogP contribution in [0.25, 0.3) is 0 Å². The molecule has 1 fully saturated rings. The lowest BCUT2D eigenvalue weighted by molar-refractivity contribution is -0.168. The van der Waals surface area contributed by atoms with E-state index in [-0.39, 0.29) is 19.1 Å². The molecule has 7 heteroatoms. The first-order chi connectivity index (χ1) is 11.6. The summed E-state index contributed by atoms with van der Waals surface area (Å²) >= 11 is 0. The highest BCUT2D eigenvalue weighted by atomic mass is 28.3. The molecule has 1 aliphatic rings. The van der Waals surface area contributed by atoms with E-state index < -0.39 is 36.8 Å². The number of esters is 2. The molecule has 0 amide bonds. The second-order valence-corrected chi connectivity index (χ2v) is 13.4. The predicted octanol–water partition coefficient (Wildman–Crippen LogP) is 2.69. The van der Waals surface area contributed by atoms with E-state index in [9.17, 15) is 14.7 Å². The molecule has 1 saturated heterocycles. The lowest BCUT2D eigenvalue weighted by Crippen LogP contribution is -2.53. The third kappa shape index (κ3) is 4.44. The summed E-state index contributed by atoms with van der Waals surface area (Å²) in [6, 6.07) is 2.91. The van der Waals surface area contributed by atoms with Gasteiger partial charge < -0.3 is 19.3 Å². The maximum Gasteiger partial charge on any atom is 0.320 e. The summed E-state index contributed by atoms with van der Waals surface area (Å²) in [6.45, 7) is 11.6. The maximum absolute atomic E-state index is 12.6. The third-order valence-electron chi connectivity index (χ3n) is 5.59. The van der Waals surface area contributed by atoms with Gasteiger partial charge in [0.1, 0.15) is 11.7 Å². The van der Waals surface area contributed by atoms with Gasteiger partial charge in [0.25, 0.3) is 0 Å². The second-order valence-electron chi connectivity index (χ2n) is 7.83. The summed E-state index contributed by atoms with van der Waals surface area (Å²) in [5.41, 5.74) is -0.688. The van der Waals surface area contributed by atoms with Gasteiger partial charge in [0.15, 0.2) is 5.92 Å². The van der Waals surface area contributed by atoms with Gasteiger partial charge in [0.2, 0.25) is 0 Å². The molecule has 1 aliphatic heterocycles. The number of carbonyl (C=O) groups excluding carboxylic acids is 2. The van der Waals surface area contributed by atoms with E-state index >= 15 is 0 Å². The molecule has 0 aromatic rings. The zero-order valence-corrected chi connectivity index (χ0v) is 17.7. The summed E-state index contributed by atoms with van der Waals surface area (Å²) in [5.74, 6) is -2.22. The van der Waals surface area contributed by atoms with Crippen molar-refractivity contribution in [2.24, 2.45) is 5.92 Å². The van der Waals surface area contributed by atoms with Crippen LogP contribution in [0.15, 0.2) is 0 Å². The van der Waals surface area contributed by atoms with Crippen molar-refractivity contribution in [2.45, 2.75) is 83.0 Å².